The number of nitrogens with one attached hydrogen (secondary N) is 1. The SMILES string of the molecule is C=O.COc1ncc(NC2CCCCC2)cc1OCCc1cc(C)ccc1C.O=CO. The molecule has 1 fully saturated rings. The third-order valence-electron chi connectivity index (χ3n) is 5.12. The molecule has 1 aliphatic carbocycles. The number of aryl methyl sites for hydroxylation is 2. The van der Waals surface area contributed by atoms with Crippen LogP contribution in [0.2, 0.25) is 0 Å². The maximum Gasteiger partial charge on any atom is 0.290 e. The Hall–Kier alpha value is -3.09. The lowest BCUT2D eigenvalue weighted by Crippen LogP contribution is -2.22. The predicted molar refractivity (Wildman–Crippen MR) is 122 cm³/mol. The normalized spacial score (nSPS) is 13.0. The first kappa shape index (κ1) is 25.9. The van der Waals surface area contributed by atoms with Gasteiger partial charge in [-0.3, -0.25) is 4.79 Å². The Morgan fingerprint density at radius 2 is 1.87 bits per heavy atom. The summed E-state index contributed by atoms with van der Waals surface area (Å²) in [6.07, 6.45) is 9.14. The van der Waals surface area contributed by atoms with Crippen LogP contribution in [0, 0.1) is 13.8 Å². The van der Waals surface area contributed by atoms with Crippen molar-refractivity contribution in [1.29, 1.82) is 0 Å². The highest BCUT2D eigenvalue weighted by Crippen LogP contribution is 2.29. The van der Waals surface area contributed by atoms with E-state index in [1.54, 1.807) is 7.11 Å². The van der Waals surface area contributed by atoms with Gasteiger partial charge in [0.15, 0.2) is 5.75 Å². The number of methoxy groups -OCH3 is 1. The van der Waals surface area contributed by atoms with Gasteiger partial charge in [-0.25, -0.2) is 4.98 Å². The van der Waals surface area contributed by atoms with Crippen LogP contribution in [0.4, 0.5) is 5.69 Å². The van der Waals surface area contributed by atoms with E-state index >= 15 is 0 Å². The molecular formula is C24H34N2O5. The van der Waals surface area contributed by atoms with Crippen molar-refractivity contribution in [3.63, 3.8) is 0 Å². The van der Waals surface area contributed by atoms with Crippen LogP contribution in [0.5, 0.6) is 11.6 Å². The van der Waals surface area contributed by atoms with Crippen LogP contribution in [0.1, 0.15) is 48.8 Å². The Balaban J connectivity index is 0.000000884. The minimum Gasteiger partial charge on any atom is -0.488 e. The largest absolute Gasteiger partial charge is 0.488 e. The molecule has 0 amide bonds. The van der Waals surface area contributed by atoms with Gasteiger partial charge in [0.05, 0.1) is 25.6 Å². The van der Waals surface area contributed by atoms with Gasteiger partial charge in [-0.2, -0.15) is 0 Å². The fourth-order valence-electron chi connectivity index (χ4n) is 3.59. The van der Waals surface area contributed by atoms with Crippen LogP contribution in [0.3, 0.4) is 0 Å². The van der Waals surface area contributed by atoms with Crippen molar-refractivity contribution in [2.45, 2.75) is 58.4 Å². The van der Waals surface area contributed by atoms with Gasteiger partial charge < -0.3 is 24.7 Å². The molecule has 7 heteroatoms. The monoisotopic (exact) mass is 430 g/mol. The van der Waals surface area contributed by atoms with E-state index in [1.165, 1.54) is 48.8 Å². The van der Waals surface area contributed by atoms with Crippen molar-refractivity contribution < 1.29 is 24.2 Å². The van der Waals surface area contributed by atoms with Gasteiger partial charge in [0, 0.05) is 18.5 Å². The fraction of sp³-hybridized carbons (Fsp3) is 0.458. The number of benzene rings is 1. The molecule has 0 spiro atoms. The molecule has 0 atom stereocenters. The minimum atomic E-state index is -0.250. The van der Waals surface area contributed by atoms with E-state index in [1.807, 2.05) is 19.1 Å². The maximum atomic E-state index is 8.36. The average Bonchev–Trinajstić information content (AvgIpc) is 2.79. The summed E-state index contributed by atoms with van der Waals surface area (Å²) in [6, 6.07) is 9.11. The fourth-order valence-corrected chi connectivity index (χ4v) is 3.59. The molecule has 170 valence electrons. The second-order valence-corrected chi connectivity index (χ2v) is 7.34. The van der Waals surface area contributed by atoms with E-state index in [4.69, 9.17) is 24.2 Å². The Kier molecular flexibility index (Phi) is 12.4. The molecule has 31 heavy (non-hydrogen) atoms. The molecule has 3 rings (SSSR count). The molecule has 7 nitrogen and oxygen atoms in total. The summed E-state index contributed by atoms with van der Waals surface area (Å²) in [7, 11) is 1.63. The number of carbonyl (C=O) groups excluding carboxylic acids is 1. The summed E-state index contributed by atoms with van der Waals surface area (Å²) in [6.45, 7) is 6.62. The average molecular weight is 431 g/mol. The Morgan fingerprint density at radius 1 is 1.19 bits per heavy atom. The molecule has 0 radical (unpaired) electrons. The number of rotatable bonds is 7. The van der Waals surface area contributed by atoms with Crippen LogP contribution >= 0.6 is 0 Å². The smallest absolute Gasteiger partial charge is 0.290 e. The van der Waals surface area contributed by atoms with Crippen molar-refractivity contribution in [1.82, 2.24) is 4.98 Å². The molecule has 0 aliphatic heterocycles. The number of ether oxygens (including phenoxy) is 2. The molecule has 1 aromatic heterocycles. The number of anilines is 1. The molecule has 1 aliphatic rings. The summed E-state index contributed by atoms with van der Waals surface area (Å²) in [4.78, 5) is 20.8. The van der Waals surface area contributed by atoms with E-state index in [2.05, 4.69) is 42.3 Å². The number of pyridine rings is 1. The summed E-state index contributed by atoms with van der Waals surface area (Å²) >= 11 is 0. The van der Waals surface area contributed by atoms with Crippen LogP contribution in [0.15, 0.2) is 30.5 Å². The van der Waals surface area contributed by atoms with Crippen LogP contribution < -0.4 is 14.8 Å². The lowest BCUT2D eigenvalue weighted by atomic mass is 9.95. The zero-order valence-corrected chi connectivity index (χ0v) is 18.7. The van der Waals surface area contributed by atoms with Gasteiger partial charge in [0.1, 0.15) is 6.79 Å². The highest BCUT2D eigenvalue weighted by atomic mass is 16.5. The summed E-state index contributed by atoms with van der Waals surface area (Å²) in [5.41, 5.74) is 4.92. The third kappa shape index (κ3) is 9.07. The number of hydrogen-bond donors (Lipinski definition) is 2. The predicted octanol–water partition coefficient (Wildman–Crippen LogP) is 4.59. The van der Waals surface area contributed by atoms with E-state index in [0.717, 1.165) is 12.1 Å². The zero-order chi connectivity index (χ0) is 23.1. The second kappa shape index (κ2) is 14.8. The lowest BCUT2D eigenvalue weighted by Gasteiger charge is -2.24. The van der Waals surface area contributed by atoms with Crippen LogP contribution in [-0.2, 0) is 16.0 Å². The molecule has 0 bridgehead atoms. The number of nitrogens with zero attached hydrogens (tertiary/aromatic N) is 1. The van der Waals surface area contributed by atoms with Crippen LogP contribution in [0.25, 0.3) is 0 Å². The van der Waals surface area contributed by atoms with Gasteiger partial charge >= 0.3 is 0 Å². The molecular weight excluding hydrogens is 396 g/mol. The quantitative estimate of drug-likeness (QED) is 0.620. The first-order chi connectivity index (χ1) is 15.1. The van der Waals surface area contributed by atoms with Crippen molar-refractivity contribution in [2.24, 2.45) is 0 Å². The van der Waals surface area contributed by atoms with Crippen molar-refractivity contribution in [3.05, 3.63) is 47.2 Å². The van der Waals surface area contributed by atoms with E-state index in [-0.39, 0.29) is 6.47 Å². The molecule has 1 saturated carbocycles. The van der Waals surface area contributed by atoms with Crippen LogP contribution in [-0.4, -0.2) is 43.1 Å². The third-order valence-corrected chi connectivity index (χ3v) is 5.12. The Morgan fingerprint density at radius 3 is 2.52 bits per heavy atom. The molecule has 0 saturated heterocycles. The van der Waals surface area contributed by atoms with Gasteiger partial charge in [0.25, 0.3) is 12.4 Å². The minimum absolute atomic E-state index is 0.250. The van der Waals surface area contributed by atoms with Gasteiger partial charge in [-0.05, 0) is 37.8 Å². The lowest BCUT2D eigenvalue weighted by molar-refractivity contribution is -0.122. The number of carbonyl (C=O) groups is 2. The van der Waals surface area contributed by atoms with Gasteiger partial charge in [-0.1, -0.05) is 43.0 Å². The number of carboxylic acid groups (broad SMARTS) is 1. The molecule has 0 unspecified atom stereocenters. The van der Waals surface area contributed by atoms with Gasteiger partial charge in [0.2, 0.25) is 0 Å². The molecule has 2 aromatic rings. The number of hydrogen-bond acceptors (Lipinski definition) is 6. The highest BCUT2D eigenvalue weighted by Gasteiger charge is 2.15. The molecule has 1 heterocycles. The van der Waals surface area contributed by atoms with E-state index in [9.17, 15) is 0 Å². The molecule has 1 aromatic carbocycles. The van der Waals surface area contributed by atoms with Crippen molar-refractivity contribution >= 4 is 18.9 Å². The standard InChI is InChI=1S/C22H30N2O2.CH2O2.CH2O/c1-16-9-10-17(2)18(13-16)11-12-26-21-14-20(15-23-22(21)25-3)24-19-7-5-4-6-8-19;2-1-3;1-2/h9-10,13-15,19,24H,4-8,11-12H2,1-3H3;1H,(H,2,3);1H2. The number of aromatic nitrogens is 1. The van der Waals surface area contributed by atoms with Crippen molar-refractivity contribution in [3.8, 4) is 11.6 Å². The summed E-state index contributed by atoms with van der Waals surface area (Å²) < 4.78 is 11.4. The van der Waals surface area contributed by atoms with E-state index in [0.29, 0.717) is 24.3 Å². The van der Waals surface area contributed by atoms with E-state index < -0.39 is 0 Å². The van der Waals surface area contributed by atoms with Crippen molar-refractivity contribution in [2.75, 3.05) is 19.0 Å². The summed E-state index contributed by atoms with van der Waals surface area (Å²) in [5.74, 6) is 1.25. The second-order valence-electron chi connectivity index (χ2n) is 7.34. The molecule has 2 N–H and O–H groups in total. The van der Waals surface area contributed by atoms with Gasteiger partial charge in [-0.15, -0.1) is 0 Å². The highest BCUT2D eigenvalue weighted by molar-refractivity contribution is 5.51. The Labute approximate surface area is 184 Å². The zero-order valence-electron chi connectivity index (χ0n) is 18.7. The Bertz CT molecular complexity index is 792. The topological polar surface area (TPSA) is 97.8 Å². The first-order valence-corrected chi connectivity index (χ1v) is 10.4. The first-order valence-electron chi connectivity index (χ1n) is 10.4. The maximum absolute atomic E-state index is 8.36. The summed E-state index contributed by atoms with van der Waals surface area (Å²) in [5, 5.41) is 10.5.